The first kappa shape index (κ1) is 13.6. The van der Waals surface area contributed by atoms with E-state index in [2.05, 4.69) is 5.10 Å². The second-order valence-corrected chi connectivity index (χ2v) is 5.10. The van der Waals surface area contributed by atoms with Gasteiger partial charge in [0, 0.05) is 0 Å². The lowest BCUT2D eigenvalue weighted by atomic mass is 10.3. The van der Waals surface area contributed by atoms with Crippen LogP contribution >= 0.6 is 11.3 Å². The fourth-order valence-electron chi connectivity index (χ4n) is 1.75. The van der Waals surface area contributed by atoms with Crippen LogP contribution in [-0.4, -0.2) is 16.4 Å². The molecule has 2 aromatic heterocycles. The fourth-order valence-corrected chi connectivity index (χ4v) is 2.40. The first-order valence-electron chi connectivity index (χ1n) is 6.23. The van der Waals surface area contributed by atoms with E-state index in [-0.39, 0.29) is 24.8 Å². The van der Waals surface area contributed by atoms with Crippen molar-refractivity contribution in [2.24, 2.45) is 0 Å². The molecular formula is C14H11FN2O3S. The van der Waals surface area contributed by atoms with Crippen LogP contribution in [0.2, 0.25) is 0 Å². The minimum absolute atomic E-state index is 0.122. The molecule has 0 saturated heterocycles. The molecule has 0 atom stereocenters. The Morgan fingerprint density at radius 1 is 1.29 bits per heavy atom. The Morgan fingerprint density at radius 3 is 2.90 bits per heavy atom. The third-order valence-electron chi connectivity index (χ3n) is 2.74. The molecule has 0 fully saturated rings. The molecular weight excluding hydrogens is 295 g/mol. The summed E-state index contributed by atoms with van der Waals surface area (Å²) >= 11 is 1.43. The van der Waals surface area contributed by atoms with Gasteiger partial charge in [0.25, 0.3) is 5.89 Å². The summed E-state index contributed by atoms with van der Waals surface area (Å²) in [5.74, 6) is -0.576. The predicted octanol–water partition coefficient (Wildman–Crippen LogP) is 2.78. The van der Waals surface area contributed by atoms with E-state index in [0.717, 1.165) is 9.56 Å². The van der Waals surface area contributed by atoms with E-state index in [0.29, 0.717) is 0 Å². The molecule has 5 nitrogen and oxygen atoms in total. The molecule has 0 radical (unpaired) electrons. The minimum Gasteiger partial charge on any atom is -0.489 e. The molecule has 0 N–H and O–H groups in total. The second kappa shape index (κ2) is 5.92. The molecule has 0 aliphatic carbocycles. The van der Waals surface area contributed by atoms with E-state index in [1.165, 1.54) is 23.5 Å². The van der Waals surface area contributed by atoms with Crippen molar-refractivity contribution in [1.29, 1.82) is 0 Å². The molecule has 108 valence electrons. The second-order valence-electron chi connectivity index (χ2n) is 4.15. The molecule has 1 aromatic carbocycles. The van der Waals surface area contributed by atoms with Gasteiger partial charge in [0.15, 0.2) is 11.6 Å². The van der Waals surface area contributed by atoms with Crippen LogP contribution in [0, 0.1) is 5.82 Å². The molecule has 0 aliphatic heterocycles. The van der Waals surface area contributed by atoms with Gasteiger partial charge < -0.3 is 9.15 Å². The Morgan fingerprint density at radius 2 is 2.14 bits per heavy atom. The molecule has 0 bridgehead atoms. The lowest BCUT2D eigenvalue weighted by Crippen LogP contribution is -2.20. The molecule has 3 aromatic rings. The van der Waals surface area contributed by atoms with Crippen LogP contribution in [0.25, 0.3) is 10.8 Å². The highest BCUT2D eigenvalue weighted by atomic mass is 32.1. The molecule has 0 aliphatic rings. The smallest absolute Gasteiger partial charge is 0.437 e. The van der Waals surface area contributed by atoms with Crippen LogP contribution in [0.1, 0.15) is 0 Å². The predicted molar refractivity (Wildman–Crippen MR) is 76.0 cm³/mol. The van der Waals surface area contributed by atoms with Crippen LogP contribution in [-0.2, 0) is 6.54 Å². The van der Waals surface area contributed by atoms with Crippen molar-refractivity contribution in [3.63, 3.8) is 0 Å². The number of halogens is 1. The first-order chi connectivity index (χ1) is 10.2. The number of thiophene rings is 1. The summed E-state index contributed by atoms with van der Waals surface area (Å²) in [6.07, 6.45) is 0. The SMILES string of the molecule is O=c1oc(-c2cccs2)nn1CCOc1ccccc1F. The molecule has 0 unspecified atom stereocenters. The summed E-state index contributed by atoms with van der Waals surface area (Å²) in [6.45, 7) is 0.305. The number of ether oxygens (including phenoxy) is 1. The highest BCUT2D eigenvalue weighted by Gasteiger charge is 2.11. The van der Waals surface area contributed by atoms with Crippen molar-refractivity contribution in [2.45, 2.75) is 6.54 Å². The van der Waals surface area contributed by atoms with Crippen molar-refractivity contribution in [3.8, 4) is 16.5 Å². The summed E-state index contributed by atoms with van der Waals surface area (Å²) < 4.78 is 24.9. The summed E-state index contributed by atoms with van der Waals surface area (Å²) in [5.41, 5.74) is 0. The number of para-hydroxylation sites is 1. The number of hydrogen-bond donors (Lipinski definition) is 0. The Balaban J connectivity index is 1.66. The van der Waals surface area contributed by atoms with E-state index in [1.807, 2.05) is 17.5 Å². The van der Waals surface area contributed by atoms with Gasteiger partial charge in [-0.3, -0.25) is 0 Å². The topological polar surface area (TPSA) is 57.3 Å². The lowest BCUT2D eigenvalue weighted by Gasteiger charge is -2.05. The standard InChI is InChI=1S/C14H11FN2O3S/c15-10-4-1-2-5-11(10)19-8-7-17-14(18)20-13(16-17)12-6-3-9-21-12/h1-6,9H,7-8H2. The van der Waals surface area contributed by atoms with Crippen LogP contribution in [0.15, 0.2) is 51.0 Å². The highest BCUT2D eigenvalue weighted by Crippen LogP contribution is 2.21. The maximum atomic E-state index is 13.4. The minimum atomic E-state index is -0.560. The van der Waals surface area contributed by atoms with Gasteiger partial charge in [0.1, 0.15) is 6.61 Å². The van der Waals surface area contributed by atoms with Gasteiger partial charge in [-0.15, -0.1) is 16.4 Å². The zero-order valence-corrected chi connectivity index (χ0v) is 11.7. The molecule has 21 heavy (non-hydrogen) atoms. The quantitative estimate of drug-likeness (QED) is 0.727. The van der Waals surface area contributed by atoms with Crippen molar-refractivity contribution in [2.75, 3.05) is 6.61 Å². The van der Waals surface area contributed by atoms with Crippen molar-refractivity contribution >= 4 is 11.3 Å². The number of nitrogens with zero attached hydrogens (tertiary/aromatic N) is 2. The van der Waals surface area contributed by atoms with E-state index in [4.69, 9.17) is 9.15 Å². The number of hydrogen-bond acceptors (Lipinski definition) is 5. The van der Waals surface area contributed by atoms with Crippen LogP contribution < -0.4 is 10.5 Å². The van der Waals surface area contributed by atoms with Gasteiger partial charge in [-0.05, 0) is 23.6 Å². The summed E-state index contributed by atoms with van der Waals surface area (Å²) in [6, 6.07) is 9.76. The Hall–Kier alpha value is -2.41. The van der Waals surface area contributed by atoms with E-state index >= 15 is 0 Å². The third-order valence-corrected chi connectivity index (χ3v) is 3.59. The Kier molecular flexibility index (Phi) is 3.83. The number of benzene rings is 1. The molecule has 0 spiro atoms. The molecule has 7 heteroatoms. The van der Waals surface area contributed by atoms with Crippen LogP contribution in [0.5, 0.6) is 5.75 Å². The van der Waals surface area contributed by atoms with Crippen LogP contribution in [0.3, 0.4) is 0 Å². The highest BCUT2D eigenvalue weighted by molar-refractivity contribution is 7.13. The lowest BCUT2D eigenvalue weighted by molar-refractivity contribution is 0.273. The average Bonchev–Trinajstić information content (AvgIpc) is 3.11. The molecule has 0 amide bonds. The van der Waals surface area contributed by atoms with Crippen LogP contribution in [0.4, 0.5) is 4.39 Å². The van der Waals surface area contributed by atoms with Gasteiger partial charge in [-0.2, -0.15) is 4.68 Å². The van der Waals surface area contributed by atoms with Crippen molar-refractivity contribution < 1.29 is 13.5 Å². The van der Waals surface area contributed by atoms with Gasteiger partial charge in [-0.1, -0.05) is 18.2 Å². The van der Waals surface area contributed by atoms with Gasteiger partial charge in [-0.25, -0.2) is 9.18 Å². The van der Waals surface area contributed by atoms with Gasteiger partial charge >= 0.3 is 5.76 Å². The van der Waals surface area contributed by atoms with E-state index in [1.54, 1.807) is 12.1 Å². The zero-order chi connectivity index (χ0) is 14.7. The van der Waals surface area contributed by atoms with E-state index < -0.39 is 11.6 Å². The van der Waals surface area contributed by atoms with Crippen molar-refractivity contribution in [1.82, 2.24) is 9.78 Å². The normalized spacial score (nSPS) is 10.7. The monoisotopic (exact) mass is 306 g/mol. The Bertz CT molecular complexity index is 780. The molecule has 2 heterocycles. The average molecular weight is 306 g/mol. The van der Waals surface area contributed by atoms with E-state index in [9.17, 15) is 9.18 Å². The van der Waals surface area contributed by atoms with Gasteiger partial charge in [0.05, 0.1) is 11.4 Å². The zero-order valence-electron chi connectivity index (χ0n) is 10.9. The molecule has 3 rings (SSSR count). The first-order valence-corrected chi connectivity index (χ1v) is 7.11. The van der Waals surface area contributed by atoms with Gasteiger partial charge in [0.2, 0.25) is 0 Å². The number of aromatic nitrogens is 2. The maximum absolute atomic E-state index is 13.4. The number of rotatable bonds is 5. The fraction of sp³-hybridized carbons (Fsp3) is 0.143. The maximum Gasteiger partial charge on any atom is 0.437 e. The summed E-state index contributed by atoms with van der Waals surface area (Å²) in [5, 5.41) is 5.95. The Labute approximate surface area is 123 Å². The third kappa shape index (κ3) is 3.03. The summed E-state index contributed by atoms with van der Waals surface area (Å²) in [7, 11) is 0. The largest absolute Gasteiger partial charge is 0.489 e. The summed E-state index contributed by atoms with van der Waals surface area (Å²) in [4.78, 5) is 12.4. The molecule has 0 saturated carbocycles. The van der Waals surface area contributed by atoms with Crippen molar-refractivity contribution in [3.05, 3.63) is 58.1 Å².